The zero-order valence-corrected chi connectivity index (χ0v) is 11.9. The molecule has 0 amide bonds. The Balaban J connectivity index is 1.93. The van der Waals surface area contributed by atoms with Crippen molar-refractivity contribution in [2.24, 2.45) is 5.41 Å². The second-order valence-electron chi connectivity index (χ2n) is 6.09. The van der Waals surface area contributed by atoms with Gasteiger partial charge in [0.1, 0.15) is 5.82 Å². The molecule has 0 aromatic heterocycles. The van der Waals surface area contributed by atoms with Crippen LogP contribution in [0, 0.1) is 11.2 Å². The van der Waals surface area contributed by atoms with Crippen molar-refractivity contribution in [3.63, 3.8) is 0 Å². The summed E-state index contributed by atoms with van der Waals surface area (Å²) in [4.78, 5) is 10.9. The molecule has 0 atom stereocenters. The second-order valence-corrected chi connectivity index (χ2v) is 6.09. The molecule has 1 aliphatic carbocycles. The number of rotatable bonds is 5. The smallest absolute Gasteiger partial charge is 0.335 e. The van der Waals surface area contributed by atoms with E-state index in [9.17, 15) is 9.18 Å². The highest BCUT2D eigenvalue weighted by molar-refractivity contribution is 5.87. The van der Waals surface area contributed by atoms with E-state index in [1.165, 1.54) is 50.3 Å². The van der Waals surface area contributed by atoms with Crippen molar-refractivity contribution < 1.29 is 14.3 Å². The van der Waals surface area contributed by atoms with E-state index in [2.05, 4.69) is 12.2 Å². The van der Waals surface area contributed by atoms with E-state index in [0.717, 1.165) is 6.54 Å². The Morgan fingerprint density at radius 2 is 2.05 bits per heavy atom. The van der Waals surface area contributed by atoms with Crippen LogP contribution in [0.3, 0.4) is 0 Å². The molecule has 1 aromatic rings. The maximum absolute atomic E-state index is 13.7. The molecule has 0 spiro atoms. The first-order valence-corrected chi connectivity index (χ1v) is 7.23. The predicted octanol–water partition coefficient (Wildman–Crippen LogP) is 3.58. The van der Waals surface area contributed by atoms with Gasteiger partial charge >= 0.3 is 5.97 Å². The predicted molar refractivity (Wildman–Crippen MR) is 76.3 cm³/mol. The van der Waals surface area contributed by atoms with Crippen molar-refractivity contribution >= 4 is 5.97 Å². The molecular formula is C16H22FNO2. The Kier molecular flexibility index (Phi) is 4.76. The fraction of sp³-hybridized carbons (Fsp3) is 0.562. The molecule has 2 rings (SSSR count). The number of hydrogen-bond donors (Lipinski definition) is 2. The van der Waals surface area contributed by atoms with Crippen LogP contribution in [-0.2, 0) is 6.54 Å². The van der Waals surface area contributed by atoms with Crippen LogP contribution in [0.4, 0.5) is 4.39 Å². The summed E-state index contributed by atoms with van der Waals surface area (Å²) in [7, 11) is 0. The van der Waals surface area contributed by atoms with Gasteiger partial charge in [-0.2, -0.15) is 0 Å². The van der Waals surface area contributed by atoms with Crippen LogP contribution < -0.4 is 5.32 Å². The van der Waals surface area contributed by atoms with Gasteiger partial charge in [-0.15, -0.1) is 0 Å². The number of aromatic carboxylic acids is 1. The van der Waals surface area contributed by atoms with Gasteiger partial charge in [-0.25, -0.2) is 9.18 Å². The Hall–Kier alpha value is -1.42. The van der Waals surface area contributed by atoms with Crippen molar-refractivity contribution in [2.75, 3.05) is 6.54 Å². The molecule has 0 bridgehead atoms. The molecule has 0 unspecified atom stereocenters. The number of halogens is 1. The largest absolute Gasteiger partial charge is 0.478 e. The van der Waals surface area contributed by atoms with Gasteiger partial charge in [0, 0.05) is 18.7 Å². The Labute approximate surface area is 119 Å². The van der Waals surface area contributed by atoms with E-state index in [0.29, 0.717) is 17.5 Å². The summed E-state index contributed by atoms with van der Waals surface area (Å²) in [6, 6.07) is 3.93. The topological polar surface area (TPSA) is 49.3 Å². The summed E-state index contributed by atoms with van der Waals surface area (Å²) in [5.74, 6) is -1.37. The number of carboxylic acid groups (broad SMARTS) is 1. The van der Waals surface area contributed by atoms with Crippen molar-refractivity contribution in [3.05, 3.63) is 35.1 Å². The van der Waals surface area contributed by atoms with E-state index < -0.39 is 5.97 Å². The summed E-state index contributed by atoms with van der Waals surface area (Å²) in [5.41, 5.74) is 0.843. The van der Waals surface area contributed by atoms with Crippen LogP contribution in [0.2, 0.25) is 0 Å². The number of nitrogens with one attached hydrogen (secondary N) is 1. The molecule has 0 heterocycles. The quantitative estimate of drug-likeness (QED) is 0.866. The lowest BCUT2D eigenvalue weighted by Gasteiger charge is -2.33. The first-order chi connectivity index (χ1) is 9.50. The zero-order valence-electron chi connectivity index (χ0n) is 11.9. The molecule has 1 saturated carbocycles. The third kappa shape index (κ3) is 3.79. The Bertz CT molecular complexity index is 481. The molecule has 20 heavy (non-hydrogen) atoms. The fourth-order valence-electron chi connectivity index (χ4n) is 2.92. The van der Waals surface area contributed by atoms with Gasteiger partial charge in [0.15, 0.2) is 0 Å². The minimum absolute atomic E-state index is 0.132. The maximum Gasteiger partial charge on any atom is 0.335 e. The normalized spacial score (nSPS) is 17.9. The van der Waals surface area contributed by atoms with Gasteiger partial charge in [-0.3, -0.25) is 0 Å². The van der Waals surface area contributed by atoms with Gasteiger partial charge in [0.05, 0.1) is 5.56 Å². The number of carboxylic acids is 1. The average molecular weight is 279 g/mol. The standard InChI is InChI=1S/C16H22FNO2/c1-16(7-3-2-4-8-16)11-18-10-13-9-12(15(19)20)5-6-14(13)17/h5-6,9,18H,2-4,7-8,10-11H2,1H3,(H,19,20). The molecule has 2 N–H and O–H groups in total. The van der Waals surface area contributed by atoms with Gasteiger partial charge in [0.25, 0.3) is 0 Å². The van der Waals surface area contributed by atoms with Gasteiger partial charge in [0.2, 0.25) is 0 Å². The Morgan fingerprint density at radius 3 is 2.70 bits per heavy atom. The fourth-order valence-corrected chi connectivity index (χ4v) is 2.92. The highest BCUT2D eigenvalue weighted by atomic mass is 19.1. The molecule has 110 valence electrons. The summed E-state index contributed by atoms with van der Waals surface area (Å²) >= 11 is 0. The molecule has 1 fully saturated rings. The lowest BCUT2D eigenvalue weighted by Crippen LogP contribution is -2.33. The maximum atomic E-state index is 13.7. The van der Waals surface area contributed by atoms with E-state index in [1.807, 2.05) is 0 Å². The van der Waals surface area contributed by atoms with Gasteiger partial charge in [-0.1, -0.05) is 26.2 Å². The number of carbonyl (C=O) groups is 1. The van der Waals surface area contributed by atoms with Gasteiger partial charge in [-0.05, 0) is 36.5 Å². The molecule has 3 nitrogen and oxygen atoms in total. The van der Waals surface area contributed by atoms with Crippen LogP contribution in [0.25, 0.3) is 0 Å². The lowest BCUT2D eigenvalue weighted by molar-refractivity contribution is 0.0696. The molecule has 1 aliphatic rings. The zero-order chi connectivity index (χ0) is 14.6. The average Bonchev–Trinajstić information content (AvgIpc) is 2.41. The van der Waals surface area contributed by atoms with Crippen LogP contribution in [-0.4, -0.2) is 17.6 Å². The van der Waals surface area contributed by atoms with Gasteiger partial charge < -0.3 is 10.4 Å². The minimum atomic E-state index is -1.02. The van der Waals surface area contributed by atoms with Crippen molar-refractivity contribution in [3.8, 4) is 0 Å². The first-order valence-electron chi connectivity index (χ1n) is 7.23. The van der Waals surface area contributed by atoms with Crippen molar-refractivity contribution in [1.29, 1.82) is 0 Å². The molecule has 0 aliphatic heterocycles. The third-order valence-electron chi connectivity index (χ3n) is 4.22. The lowest BCUT2D eigenvalue weighted by atomic mass is 9.76. The highest BCUT2D eigenvalue weighted by Crippen LogP contribution is 2.34. The summed E-state index contributed by atoms with van der Waals surface area (Å²) in [6.45, 7) is 3.50. The molecule has 0 radical (unpaired) electrons. The minimum Gasteiger partial charge on any atom is -0.478 e. The van der Waals surface area contributed by atoms with Crippen molar-refractivity contribution in [2.45, 2.75) is 45.6 Å². The molecule has 4 heteroatoms. The Morgan fingerprint density at radius 1 is 1.35 bits per heavy atom. The van der Waals surface area contributed by atoms with Crippen LogP contribution in [0.15, 0.2) is 18.2 Å². The summed E-state index contributed by atoms with van der Waals surface area (Å²) in [5, 5.41) is 12.2. The number of hydrogen-bond acceptors (Lipinski definition) is 2. The van der Waals surface area contributed by atoms with E-state index in [4.69, 9.17) is 5.11 Å². The van der Waals surface area contributed by atoms with E-state index >= 15 is 0 Å². The molecule has 0 saturated heterocycles. The third-order valence-corrected chi connectivity index (χ3v) is 4.22. The van der Waals surface area contributed by atoms with Crippen LogP contribution in [0.1, 0.15) is 54.9 Å². The molecular weight excluding hydrogens is 257 g/mol. The SMILES string of the molecule is CC1(CNCc2cc(C(=O)O)ccc2F)CCCCC1. The van der Waals surface area contributed by atoms with E-state index in [1.54, 1.807) is 0 Å². The number of benzene rings is 1. The van der Waals surface area contributed by atoms with E-state index in [-0.39, 0.29) is 11.4 Å². The second kappa shape index (κ2) is 6.35. The van der Waals surface area contributed by atoms with Crippen molar-refractivity contribution in [1.82, 2.24) is 5.32 Å². The van der Waals surface area contributed by atoms with Crippen LogP contribution in [0.5, 0.6) is 0 Å². The van der Waals surface area contributed by atoms with Crippen LogP contribution >= 0.6 is 0 Å². The first kappa shape index (κ1) is 15.0. The summed E-state index contributed by atoms with van der Waals surface area (Å²) < 4.78 is 13.7. The molecule has 1 aromatic carbocycles. The summed E-state index contributed by atoms with van der Waals surface area (Å²) in [6.07, 6.45) is 6.25. The monoisotopic (exact) mass is 279 g/mol. The highest BCUT2D eigenvalue weighted by Gasteiger charge is 2.26.